The summed E-state index contributed by atoms with van der Waals surface area (Å²) in [5.41, 5.74) is 1.92. The molecule has 2 aliphatic heterocycles. The summed E-state index contributed by atoms with van der Waals surface area (Å²) in [6.45, 7) is 7.01. The molecule has 3 aromatic rings. The summed E-state index contributed by atoms with van der Waals surface area (Å²) >= 11 is 0. The number of urea groups is 1. The third kappa shape index (κ3) is 4.83. The number of anilines is 2. The summed E-state index contributed by atoms with van der Waals surface area (Å²) in [6, 6.07) is 9.93. The number of hydrogen-bond acceptors (Lipinski definition) is 3. The van der Waals surface area contributed by atoms with Crippen molar-refractivity contribution in [3.8, 4) is 0 Å². The third-order valence-electron chi connectivity index (χ3n) is 7.46. The highest BCUT2D eigenvalue weighted by atomic mass is 19.4. The van der Waals surface area contributed by atoms with E-state index >= 15 is 0 Å². The number of fused-ring (bicyclic) bond motifs is 1. The number of piperidine rings is 1. The lowest BCUT2D eigenvalue weighted by atomic mass is 10.00. The highest BCUT2D eigenvalue weighted by molar-refractivity contribution is 5.94. The van der Waals surface area contributed by atoms with Crippen LogP contribution >= 0.6 is 0 Å². The van der Waals surface area contributed by atoms with Crippen molar-refractivity contribution in [3.05, 3.63) is 76.9 Å². The summed E-state index contributed by atoms with van der Waals surface area (Å²) in [5, 5.41) is 4.68. The Hall–Kier alpha value is -3.56. The third-order valence-corrected chi connectivity index (χ3v) is 7.46. The summed E-state index contributed by atoms with van der Waals surface area (Å²) in [6.07, 6.45) is -1.55. The molecule has 2 aromatic carbocycles. The SMILES string of the molecule is Cc1cccc(F)c1N1CCC(N2Cc3nn(C(C)C)cc3N(Cc3ccccc3C(F)(F)F)C2=O)CC1. The van der Waals surface area contributed by atoms with Crippen molar-refractivity contribution in [2.24, 2.45) is 0 Å². The first-order valence-electron chi connectivity index (χ1n) is 12.9. The van der Waals surface area contributed by atoms with Crippen LogP contribution in [0, 0.1) is 12.7 Å². The molecule has 3 heterocycles. The largest absolute Gasteiger partial charge is 0.416 e. The smallest absolute Gasteiger partial charge is 0.369 e. The summed E-state index contributed by atoms with van der Waals surface area (Å²) < 4.78 is 57.5. The van der Waals surface area contributed by atoms with Crippen LogP contribution in [-0.2, 0) is 19.3 Å². The Balaban J connectivity index is 1.43. The van der Waals surface area contributed by atoms with E-state index in [1.807, 2.05) is 31.7 Å². The number of carbonyl (C=O) groups is 1. The lowest BCUT2D eigenvalue weighted by Gasteiger charge is -2.43. The average Bonchev–Trinajstić information content (AvgIpc) is 3.30. The number of nitrogens with zero attached hydrogens (tertiary/aromatic N) is 5. The number of rotatable bonds is 5. The van der Waals surface area contributed by atoms with E-state index in [-0.39, 0.29) is 42.6 Å². The molecule has 2 aliphatic rings. The molecule has 6 nitrogen and oxygen atoms in total. The summed E-state index contributed by atoms with van der Waals surface area (Å²) in [4.78, 5) is 19.0. The molecule has 0 unspecified atom stereocenters. The lowest BCUT2D eigenvalue weighted by molar-refractivity contribution is -0.138. The Bertz CT molecular complexity index is 1310. The normalized spacial score (nSPS) is 16.9. The van der Waals surface area contributed by atoms with E-state index in [4.69, 9.17) is 0 Å². The molecule has 2 amide bonds. The molecule has 0 N–H and O–H groups in total. The predicted molar refractivity (Wildman–Crippen MR) is 138 cm³/mol. The van der Waals surface area contributed by atoms with E-state index in [9.17, 15) is 22.4 Å². The van der Waals surface area contributed by atoms with Crippen LogP contribution in [0.25, 0.3) is 0 Å². The van der Waals surface area contributed by atoms with Crippen molar-refractivity contribution < 1.29 is 22.4 Å². The summed E-state index contributed by atoms with van der Waals surface area (Å²) in [7, 11) is 0. The van der Waals surface area contributed by atoms with Crippen molar-refractivity contribution in [1.82, 2.24) is 14.7 Å². The zero-order valence-electron chi connectivity index (χ0n) is 21.7. The van der Waals surface area contributed by atoms with Crippen LogP contribution in [0.15, 0.2) is 48.7 Å². The van der Waals surface area contributed by atoms with Gasteiger partial charge in [-0.05, 0) is 56.9 Å². The zero-order chi connectivity index (χ0) is 27.2. The number of para-hydroxylation sites is 1. The molecule has 1 fully saturated rings. The molecule has 202 valence electrons. The number of hydrogen-bond donors (Lipinski definition) is 0. The molecule has 0 bridgehead atoms. The van der Waals surface area contributed by atoms with Crippen LogP contribution in [0.3, 0.4) is 0 Å². The Morgan fingerprint density at radius 1 is 1.05 bits per heavy atom. The molecule has 10 heteroatoms. The number of aryl methyl sites for hydroxylation is 1. The van der Waals surface area contributed by atoms with E-state index in [0.717, 1.165) is 11.6 Å². The maximum absolute atomic E-state index is 14.6. The molecule has 0 atom stereocenters. The van der Waals surface area contributed by atoms with Crippen LogP contribution in [0.5, 0.6) is 0 Å². The van der Waals surface area contributed by atoms with E-state index in [1.54, 1.807) is 27.9 Å². The van der Waals surface area contributed by atoms with Gasteiger partial charge in [-0.15, -0.1) is 0 Å². The highest BCUT2D eigenvalue weighted by Crippen LogP contribution is 2.37. The number of benzene rings is 2. The minimum atomic E-state index is -4.53. The number of halogens is 4. The predicted octanol–water partition coefficient (Wildman–Crippen LogP) is 6.54. The van der Waals surface area contributed by atoms with Gasteiger partial charge in [0.2, 0.25) is 0 Å². The van der Waals surface area contributed by atoms with Crippen LogP contribution < -0.4 is 9.80 Å². The fraction of sp³-hybridized carbons (Fsp3) is 0.429. The lowest BCUT2D eigenvalue weighted by Crippen LogP contribution is -2.54. The topological polar surface area (TPSA) is 44.6 Å². The molecule has 1 aromatic heterocycles. The second kappa shape index (κ2) is 9.96. The first-order chi connectivity index (χ1) is 18.0. The van der Waals surface area contributed by atoms with Gasteiger partial charge in [0.05, 0.1) is 30.0 Å². The molecule has 38 heavy (non-hydrogen) atoms. The van der Waals surface area contributed by atoms with Gasteiger partial charge in [0.1, 0.15) is 11.5 Å². The molecular weight excluding hydrogens is 498 g/mol. The van der Waals surface area contributed by atoms with Gasteiger partial charge in [-0.25, -0.2) is 9.18 Å². The molecule has 0 spiro atoms. The molecule has 0 radical (unpaired) electrons. The zero-order valence-corrected chi connectivity index (χ0v) is 21.7. The molecule has 0 aliphatic carbocycles. The summed E-state index contributed by atoms with van der Waals surface area (Å²) in [5.74, 6) is -0.268. The molecule has 0 saturated carbocycles. The Morgan fingerprint density at radius 2 is 1.76 bits per heavy atom. The number of amides is 2. The number of alkyl halides is 3. The van der Waals surface area contributed by atoms with Gasteiger partial charge in [-0.2, -0.15) is 18.3 Å². The molecule has 1 saturated heterocycles. The number of aromatic nitrogens is 2. The maximum atomic E-state index is 14.6. The first-order valence-corrected chi connectivity index (χ1v) is 12.9. The average molecular weight is 530 g/mol. The highest BCUT2D eigenvalue weighted by Gasteiger charge is 2.40. The van der Waals surface area contributed by atoms with E-state index in [0.29, 0.717) is 43.0 Å². The van der Waals surface area contributed by atoms with Crippen LogP contribution in [-0.4, -0.2) is 39.8 Å². The van der Waals surface area contributed by atoms with Crippen molar-refractivity contribution in [2.45, 2.75) is 65.0 Å². The van der Waals surface area contributed by atoms with Crippen LogP contribution in [0.4, 0.5) is 33.7 Å². The second-order valence-electron chi connectivity index (χ2n) is 10.3. The molecular formula is C28H31F4N5O. The maximum Gasteiger partial charge on any atom is 0.416 e. The minimum absolute atomic E-state index is 0.0284. The second-order valence-corrected chi connectivity index (χ2v) is 10.3. The quantitative estimate of drug-likeness (QED) is 0.353. The van der Waals surface area contributed by atoms with E-state index in [2.05, 4.69) is 5.10 Å². The Labute approximate surface area is 219 Å². The van der Waals surface area contributed by atoms with Gasteiger partial charge in [0, 0.05) is 31.4 Å². The fourth-order valence-electron chi connectivity index (χ4n) is 5.48. The Kier molecular flexibility index (Phi) is 6.83. The minimum Gasteiger partial charge on any atom is -0.369 e. The van der Waals surface area contributed by atoms with Crippen molar-refractivity contribution in [1.29, 1.82) is 0 Å². The van der Waals surface area contributed by atoms with Gasteiger partial charge in [0.25, 0.3) is 0 Å². The first kappa shape index (κ1) is 26.1. The van der Waals surface area contributed by atoms with Crippen LogP contribution in [0.2, 0.25) is 0 Å². The van der Waals surface area contributed by atoms with Gasteiger partial charge < -0.3 is 9.80 Å². The fourth-order valence-corrected chi connectivity index (χ4v) is 5.48. The van der Waals surface area contributed by atoms with Gasteiger partial charge >= 0.3 is 12.2 Å². The van der Waals surface area contributed by atoms with Crippen molar-refractivity contribution in [2.75, 3.05) is 22.9 Å². The van der Waals surface area contributed by atoms with Gasteiger partial charge in [0.15, 0.2) is 0 Å². The van der Waals surface area contributed by atoms with Crippen LogP contribution in [0.1, 0.15) is 55.1 Å². The van der Waals surface area contributed by atoms with Crippen molar-refractivity contribution in [3.63, 3.8) is 0 Å². The van der Waals surface area contributed by atoms with Gasteiger partial charge in [-0.1, -0.05) is 30.3 Å². The van der Waals surface area contributed by atoms with Crippen molar-refractivity contribution >= 4 is 17.4 Å². The standard InChI is InChI=1S/C28H31F4N5O/c1-18(2)37-17-25-24(33-37)16-35(21-11-13-34(14-12-21)26-19(3)7-6-10-23(26)29)27(38)36(25)15-20-8-4-5-9-22(20)28(30,31)32/h4-10,17-18,21H,11-16H2,1-3H3. The van der Waals surface area contributed by atoms with E-state index in [1.165, 1.54) is 23.1 Å². The Morgan fingerprint density at radius 3 is 2.42 bits per heavy atom. The van der Waals surface area contributed by atoms with E-state index < -0.39 is 11.7 Å². The number of carbonyl (C=O) groups excluding carboxylic acids is 1. The van der Waals surface area contributed by atoms with Gasteiger partial charge in [-0.3, -0.25) is 9.58 Å². The monoisotopic (exact) mass is 529 g/mol. The molecule has 5 rings (SSSR count).